The summed E-state index contributed by atoms with van der Waals surface area (Å²) in [6, 6.07) is 22.5. The second-order valence-corrected chi connectivity index (χ2v) is 7.95. The van der Waals surface area contributed by atoms with Gasteiger partial charge in [0.05, 0.1) is 5.52 Å². The Hall–Kier alpha value is -2.51. The first kappa shape index (κ1) is 18.8. The predicted octanol–water partition coefficient (Wildman–Crippen LogP) is 6.44. The van der Waals surface area contributed by atoms with Crippen LogP contribution >= 0.6 is 34.2 Å². The Labute approximate surface area is 180 Å². The van der Waals surface area contributed by atoms with Gasteiger partial charge in [-0.1, -0.05) is 41.9 Å². The molecule has 0 aliphatic rings. The molecule has 0 saturated heterocycles. The van der Waals surface area contributed by atoms with Crippen molar-refractivity contribution in [2.45, 2.75) is 6.54 Å². The van der Waals surface area contributed by atoms with E-state index in [1.165, 1.54) is 0 Å². The monoisotopic (exact) mass is 503 g/mol. The second-order valence-electron chi connectivity index (χ2n) is 6.27. The summed E-state index contributed by atoms with van der Waals surface area (Å²) in [7, 11) is 0. The number of benzene rings is 3. The van der Waals surface area contributed by atoms with E-state index < -0.39 is 5.97 Å². The third-order valence-corrected chi connectivity index (χ3v) is 5.35. The van der Waals surface area contributed by atoms with Gasteiger partial charge in [-0.05, 0) is 70.6 Å². The third-order valence-electron chi connectivity index (χ3n) is 4.40. The first-order valence-corrected chi connectivity index (χ1v) is 10.0. The van der Waals surface area contributed by atoms with Crippen molar-refractivity contribution in [2.75, 3.05) is 0 Å². The molecule has 3 aromatic carbocycles. The van der Waals surface area contributed by atoms with Crippen LogP contribution in [-0.2, 0) is 6.54 Å². The molecule has 1 heterocycles. The van der Waals surface area contributed by atoms with Crippen LogP contribution in [-0.4, -0.2) is 15.6 Å². The van der Waals surface area contributed by atoms with Gasteiger partial charge in [0.25, 0.3) is 0 Å². The highest BCUT2D eigenvalue weighted by atomic mass is 127. The van der Waals surface area contributed by atoms with Gasteiger partial charge < -0.3 is 14.4 Å². The molecule has 0 unspecified atom stereocenters. The molecule has 6 heteroatoms. The van der Waals surface area contributed by atoms with Crippen LogP contribution in [0.2, 0.25) is 5.02 Å². The molecular weight excluding hydrogens is 489 g/mol. The van der Waals surface area contributed by atoms with Crippen LogP contribution in [0.1, 0.15) is 16.1 Å². The van der Waals surface area contributed by atoms with Crippen LogP contribution in [0.3, 0.4) is 0 Å². The van der Waals surface area contributed by atoms with Gasteiger partial charge in [-0.25, -0.2) is 4.79 Å². The molecule has 1 N–H and O–H groups in total. The maximum absolute atomic E-state index is 12.2. The summed E-state index contributed by atoms with van der Waals surface area (Å²) in [5.74, 6) is -0.191. The lowest BCUT2D eigenvalue weighted by atomic mass is 10.2. The highest BCUT2D eigenvalue weighted by Gasteiger charge is 2.25. The molecule has 4 rings (SSSR count). The predicted molar refractivity (Wildman–Crippen MR) is 119 cm³/mol. The number of para-hydroxylation sites is 1. The highest BCUT2D eigenvalue weighted by Crippen LogP contribution is 2.38. The minimum atomic E-state index is -1.05. The zero-order valence-electron chi connectivity index (χ0n) is 14.6. The fraction of sp³-hybridized carbons (Fsp3) is 0.0455. The SMILES string of the molecule is O=C(O)c1c(Oc2ccccc2)c2cc(Cl)ccc2n1Cc1ccc(I)cc1. The first-order chi connectivity index (χ1) is 13.5. The molecule has 28 heavy (non-hydrogen) atoms. The fourth-order valence-electron chi connectivity index (χ4n) is 3.15. The van der Waals surface area contributed by atoms with E-state index in [1.807, 2.05) is 48.5 Å². The summed E-state index contributed by atoms with van der Waals surface area (Å²) < 4.78 is 8.90. The van der Waals surface area contributed by atoms with E-state index in [0.717, 1.165) is 14.7 Å². The zero-order valence-corrected chi connectivity index (χ0v) is 17.5. The summed E-state index contributed by atoms with van der Waals surface area (Å²) >= 11 is 8.44. The summed E-state index contributed by atoms with van der Waals surface area (Å²) in [5, 5.41) is 11.2. The van der Waals surface area contributed by atoms with E-state index in [-0.39, 0.29) is 5.69 Å². The highest BCUT2D eigenvalue weighted by molar-refractivity contribution is 14.1. The molecule has 4 nitrogen and oxygen atoms in total. The minimum absolute atomic E-state index is 0.0969. The van der Waals surface area contributed by atoms with Gasteiger partial charge in [0.2, 0.25) is 0 Å². The lowest BCUT2D eigenvalue weighted by Gasteiger charge is -2.10. The number of hydrogen-bond donors (Lipinski definition) is 1. The molecule has 0 fully saturated rings. The number of carboxylic acid groups (broad SMARTS) is 1. The molecule has 4 aromatic rings. The quantitative estimate of drug-likeness (QED) is 0.319. The van der Waals surface area contributed by atoms with Crippen molar-refractivity contribution in [1.82, 2.24) is 4.57 Å². The topological polar surface area (TPSA) is 51.5 Å². The number of ether oxygens (including phenoxy) is 1. The molecule has 140 valence electrons. The van der Waals surface area contributed by atoms with Crippen LogP contribution in [0, 0.1) is 3.57 Å². The van der Waals surface area contributed by atoms with E-state index >= 15 is 0 Å². The van der Waals surface area contributed by atoms with Crippen LogP contribution in [0.15, 0.2) is 72.8 Å². The number of rotatable bonds is 5. The van der Waals surface area contributed by atoms with E-state index in [1.54, 1.807) is 28.8 Å². The minimum Gasteiger partial charge on any atom is -0.476 e. The van der Waals surface area contributed by atoms with Crippen LogP contribution in [0.5, 0.6) is 11.5 Å². The number of carbonyl (C=O) groups is 1. The van der Waals surface area contributed by atoms with Gasteiger partial charge in [-0.15, -0.1) is 0 Å². The van der Waals surface area contributed by atoms with Gasteiger partial charge in [-0.3, -0.25) is 0 Å². The Balaban J connectivity index is 1.91. The average molecular weight is 504 g/mol. The molecule has 0 spiro atoms. The van der Waals surface area contributed by atoms with Crippen molar-refractivity contribution in [3.05, 3.63) is 92.6 Å². The van der Waals surface area contributed by atoms with E-state index in [2.05, 4.69) is 22.6 Å². The molecular formula is C22H15ClINO3. The van der Waals surface area contributed by atoms with Gasteiger partial charge in [0, 0.05) is 20.5 Å². The van der Waals surface area contributed by atoms with Crippen molar-refractivity contribution in [1.29, 1.82) is 0 Å². The number of hydrogen-bond acceptors (Lipinski definition) is 2. The normalized spacial score (nSPS) is 10.9. The maximum Gasteiger partial charge on any atom is 0.356 e. The molecule has 1 aromatic heterocycles. The summed E-state index contributed by atoms with van der Waals surface area (Å²) in [6.07, 6.45) is 0. The molecule has 0 saturated carbocycles. The van der Waals surface area contributed by atoms with Crippen molar-refractivity contribution >= 4 is 51.1 Å². The lowest BCUT2D eigenvalue weighted by molar-refractivity contribution is 0.0683. The number of fused-ring (bicyclic) bond motifs is 1. The van der Waals surface area contributed by atoms with Gasteiger partial charge in [0.1, 0.15) is 5.75 Å². The average Bonchev–Trinajstić information content (AvgIpc) is 2.97. The Kier molecular flexibility index (Phi) is 5.28. The molecule has 0 aliphatic heterocycles. The van der Waals surface area contributed by atoms with Crippen molar-refractivity contribution < 1.29 is 14.6 Å². The summed E-state index contributed by atoms with van der Waals surface area (Å²) in [5.41, 5.74) is 1.85. The molecule has 0 aliphatic carbocycles. The van der Waals surface area contributed by atoms with E-state index in [4.69, 9.17) is 16.3 Å². The smallest absolute Gasteiger partial charge is 0.356 e. The number of nitrogens with zero attached hydrogens (tertiary/aromatic N) is 1. The van der Waals surface area contributed by atoms with Gasteiger partial charge >= 0.3 is 5.97 Å². The first-order valence-electron chi connectivity index (χ1n) is 8.55. The van der Waals surface area contributed by atoms with Crippen LogP contribution in [0.4, 0.5) is 0 Å². The van der Waals surface area contributed by atoms with Crippen molar-refractivity contribution in [3.63, 3.8) is 0 Å². The Morgan fingerprint density at radius 3 is 2.43 bits per heavy atom. The molecule has 0 amide bonds. The number of halogens is 2. The Morgan fingerprint density at radius 2 is 1.75 bits per heavy atom. The van der Waals surface area contributed by atoms with E-state index in [0.29, 0.717) is 28.5 Å². The zero-order chi connectivity index (χ0) is 19.7. The number of aromatic carboxylic acids is 1. The van der Waals surface area contributed by atoms with Crippen molar-refractivity contribution in [2.24, 2.45) is 0 Å². The summed E-state index contributed by atoms with van der Waals surface area (Å²) in [6.45, 7) is 0.412. The number of aromatic nitrogens is 1. The fourth-order valence-corrected chi connectivity index (χ4v) is 3.69. The third kappa shape index (κ3) is 3.72. The lowest BCUT2D eigenvalue weighted by Crippen LogP contribution is -2.10. The molecule has 0 atom stereocenters. The second kappa shape index (κ2) is 7.85. The van der Waals surface area contributed by atoms with Crippen LogP contribution < -0.4 is 4.74 Å². The van der Waals surface area contributed by atoms with Gasteiger partial charge in [0.15, 0.2) is 11.4 Å². The maximum atomic E-state index is 12.2. The van der Waals surface area contributed by atoms with Crippen LogP contribution in [0.25, 0.3) is 10.9 Å². The summed E-state index contributed by atoms with van der Waals surface area (Å²) in [4.78, 5) is 12.2. The Bertz CT molecular complexity index is 1150. The number of carboxylic acids is 1. The Morgan fingerprint density at radius 1 is 1.04 bits per heavy atom. The molecule has 0 bridgehead atoms. The van der Waals surface area contributed by atoms with Crippen molar-refractivity contribution in [3.8, 4) is 11.5 Å². The molecule has 0 radical (unpaired) electrons. The van der Waals surface area contributed by atoms with Gasteiger partial charge in [-0.2, -0.15) is 0 Å². The van der Waals surface area contributed by atoms with E-state index in [9.17, 15) is 9.90 Å². The standard InChI is InChI=1S/C22H15ClINO3/c23-15-8-11-19-18(12-15)21(28-17-4-2-1-3-5-17)20(22(26)27)25(19)13-14-6-9-16(24)10-7-14/h1-12H,13H2,(H,26,27). The largest absolute Gasteiger partial charge is 0.476 e.